The minimum Gasteiger partial charge on any atom is -0.345 e. The van der Waals surface area contributed by atoms with Gasteiger partial charge in [0.1, 0.15) is 0 Å². The minimum atomic E-state index is -0.00735. The highest BCUT2D eigenvalue weighted by molar-refractivity contribution is 5.93. The second-order valence-electron chi connectivity index (χ2n) is 7.50. The van der Waals surface area contributed by atoms with E-state index in [0.717, 1.165) is 24.9 Å². The maximum absolute atomic E-state index is 12.6. The molecule has 1 heterocycles. The number of likely N-dealkylation sites (tertiary alicyclic amines) is 1. The third-order valence-corrected chi connectivity index (χ3v) is 5.55. The quantitative estimate of drug-likeness (QED) is 0.912. The Morgan fingerprint density at radius 1 is 1.08 bits per heavy atom. The highest BCUT2D eigenvalue weighted by Crippen LogP contribution is 2.35. The standard InChI is InChI=1S/C20H29N3O2/c1-22(2)19(24)17-11-9-15(10-12-17)14-21-20(25)23-13-5-8-18(23)16-6-3-4-7-16/h9-12,16,18H,3-8,13-14H2,1-2H3,(H,21,25). The number of hydrogen-bond donors (Lipinski definition) is 1. The number of carbonyl (C=O) groups excluding carboxylic acids is 2. The molecule has 0 radical (unpaired) electrons. The summed E-state index contributed by atoms with van der Waals surface area (Å²) in [5, 5.41) is 3.06. The molecule has 1 saturated carbocycles. The lowest BCUT2D eigenvalue weighted by Crippen LogP contribution is -2.45. The fourth-order valence-corrected chi connectivity index (χ4v) is 4.18. The molecule has 5 nitrogen and oxygen atoms in total. The van der Waals surface area contributed by atoms with Gasteiger partial charge in [-0.3, -0.25) is 4.79 Å². The van der Waals surface area contributed by atoms with E-state index in [1.165, 1.54) is 25.7 Å². The first-order valence-electron chi connectivity index (χ1n) is 9.41. The van der Waals surface area contributed by atoms with Crippen LogP contribution in [-0.4, -0.2) is 48.4 Å². The van der Waals surface area contributed by atoms with Crippen molar-refractivity contribution in [2.75, 3.05) is 20.6 Å². The predicted molar refractivity (Wildman–Crippen MR) is 98.4 cm³/mol. The van der Waals surface area contributed by atoms with E-state index in [0.29, 0.717) is 24.1 Å². The summed E-state index contributed by atoms with van der Waals surface area (Å²) in [6, 6.07) is 7.96. The van der Waals surface area contributed by atoms with Crippen molar-refractivity contribution >= 4 is 11.9 Å². The molecule has 3 rings (SSSR count). The molecule has 0 aromatic heterocycles. The zero-order chi connectivity index (χ0) is 17.8. The van der Waals surface area contributed by atoms with Crippen LogP contribution in [0.15, 0.2) is 24.3 Å². The Morgan fingerprint density at radius 3 is 2.40 bits per heavy atom. The van der Waals surface area contributed by atoms with Gasteiger partial charge < -0.3 is 15.1 Å². The van der Waals surface area contributed by atoms with Crippen molar-refractivity contribution in [2.24, 2.45) is 5.92 Å². The van der Waals surface area contributed by atoms with Crippen molar-refractivity contribution in [2.45, 2.75) is 51.1 Å². The van der Waals surface area contributed by atoms with Crippen LogP contribution in [0, 0.1) is 5.92 Å². The number of nitrogens with zero attached hydrogens (tertiary/aromatic N) is 2. The van der Waals surface area contributed by atoms with Crippen LogP contribution >= 0.6 is 0 Å². The van der Waals surface area contributed by atoms with Crippen LogP contribution in [0.4, 0.5) is 4.79 Å². The van der Waals surface area contributed by atoms with Crippen LogP contribution < -0.4 is 5.32 Å². The molecular weight excluding hydrogens is 314 g/mol. The maximum atomic E-state index is 12.6. The second kappa shape index (κ2) is 7.89. The molecule has 0 bridgehead atoms. The molecule has 2 fully saturated rings. The van der Waals surface area contributed by atoms with Gasteiger partial charge in [0.05, 0.1) is 0 Å². The molecule has 1 aliphatic carbocycles. The zero-order valence-corrected chi connectivity index (χ0v) is 15.3. The van der Waals surface area contributed by atoms with E-state index in [-0.39, 0.29) is 11.9 Å². The van der Waals surface area contributed by atoms with E-state index >= 15 is 0 Å². The zero-order valence-electron chi connectivity index (χ0n) is 15.3. The van der Waals surface area contributed by atoms with Gasteiger partial charge in [-0.25, -0.2) is 4.79 Å². The number of benzene rings is 1. The largest absolute Gasteiger partial charge is 0.345 e. The Balaban J connectivity index is 1.54. The van der Waals surface area contributed by atoms with Gasteiger partial charge in [0.15, 0.2) is 0 Å². The molecule has 1 aliphatic heterocycles. The van der Waals surface area contributed by atoms with Gasteiger partial charge in [0.25, 0.3) is 5.91 Å². The highest BCUT2D eigenvalue weighted by Gasteiger charge is 2.35. The summed E-state index contributed by atoms with van der Waals surface area (Å²) in [6.45, 7) is 1.38. The molecular formula is C20H29N3O2. The van der Waals surface area contributed by atoms with Gasteiger partial charge in [-0.2, -0.15) is 0 Å². The van der Waals surface area contributed by atoms with Crippen molar-refractivity contribution in [3.05, 3.63) is 35.4 Å². The Labute approximate surface area is 150 Å². The Bertz CT molecular complexity index is 606. The second-order valence-corrected chi connectivity index (χ2v) is 7.50. The average molecular weight is 343 g/mol. The van der Waals surface area contributed by atoms with Crippen molar-refractivity contribution in [3.63, 3.8) is 0 Å². The first-order valence-corrected chi connectivity index (χ1v) is 9.41. The molecule has 1 aromatic carbocycles. The van der Waals surface area contributed by atoms with Crippen LogP contribution in [0.3, 0.4) is 0 Å². The van der Waals surface area contributed by atoms with E-state index < -0.39 is 0 Å². The van der Waals surface area contributed by atoms with Crippen molar-refractivity contribution in [1.82, 2.24) is 15.1 Å². The van der Waals surface area contributed by atoms with E-state index in [9.17, 15) is 9.59 Å². The predicted octanol–water partition coefficient (Wildman–Crippen LogP) is 3.25. The van der Waals surface area contributed by atoms with Gasteiger partial charge >= 0.3 is 6.03 Å². The van der Waals surface area contributed by atoms with Crippen LogP contribution in [0.25, 0.3) is 0 Å². The van der Waals surface area contributed by atoms with Crippen LogP contribution in [0.5, 0.6) is 0 Å². The summed E-state index contributed by atoms with van der Waals surface area (Å²) in [5.41, 5.74) is 1.68. The fourth-order valence-electron chi connectivity index (χ4n) is 4.18. The molecule has 0 spiro atoms. The molecule has 1 N–H and O–H groups in total. The molecule has 1 atom stereocenters. The molecule has 1 aromatic rings. The molecule has 3 amide bonds. The lowest BCUT2D eigenvalue weighted by Gasteiger charge is -2.29. The van der Waals surface area contributed by atoms with Crippen LogP contribution in [0.2, 0.25) is 0 Å². The van der Waals surface area contributed by atoms with E-state index in [4.69, 9.17) is 0 Å². The highest BCUT2D eigenvalue weighted by atomic mass is 16.2. The molecule has 25 heavy (non-hydrogen) atoms. The van der Waals surface area contributed by atoms with Crippen molar-refractivity contribution in [3.8, 4) is 0 Å². The average Bonchev–Trinajstić information content (AvgIpc) is 3.30. The number of rotatable bonds is 4. The molecule has 2 aliphatic rings. The van der Waals surface area contributed by atoms with E-state index in [1.54, 1.807) is 19.0 Å². The Hall–Kier alpha value is -2.04. The Morgan fingerprint density at radius 2 is 1.76 bits per heavy atom. The summed E-state index contributed by atoms with van der Waals surface area (Å²) in [5.74, 6) is 0.691. The van der Waals surface area contributed by atoms with Gasteiger partial charge in [0, 0.05) is 38.8 Å². The first-order chi connectivity index (χ1) is 12.1. The molecule has 136 valence electrons. The van der Waals surface area contributed by atoms with Crippen LogP contribution in [-0.2, 0) is 6.54 Å². The monoisotopic (exact) mass is 343 g/mol. The van der Waals surface area contributed by atoms with Crippen molar-refractivity contribution < 1.29 is 9.59 Å². The number of carbonyl (C=O) groups is 2. The minimum absolute atomic E-state index is 0.00735. The fraction of sp³-hybridized carbons (Fsp3) is 0.600. The van der Waals surface area contributed by atoms with Gasteiger partial charge in [0.2, 0.25) is 0 Å². The summed E-state index contributed by atoms with van der Waals surface area (Å²) in [7, 11) is 3.49. The van der Waals surface area contributed by atoms with Crippen molar-refractivity contribution in [1.29, 1.82) is 0 Å². The summed E-state index contributed by atoms with van der Waals surface area (Å²) in [6.07, 6.45) is 7.45. The smallest absolute Gasteiger partial charge is 0.317 e. The normalized spacial score (nSPS) is 20.7. The van der Waals surface area contributed by atoms with Gasteiger partial charge in [-0.15, -0.1) is 0 Å². The topological polar surface area (TPSA) is 52.7 Å². The van der Waals surface area contributed by atoms with Gasteiger partial charge in [-0.1, -0.05) is 25.0 Å². The van der Waals surface area contributed by atoms with E-state index in [1.807, 2.05) is 24.3 Å². The maximum Gasteiger partial charge on any atom is 0.317 e. The lowest BCUT2D eigenvalue weighted by molar-refractivity contribution is 0.0827. The number of amides is 3. The summed E-state index contributed by atoms with van der Waals surface area (Å²) < 4.78 is 0. The number of urea groups is 1. The Kier molecular flexibility index (Phi) is 5.61. The third-order valence-electron chi connectivity index (χ3n) is 5.55. The van der Waals surface area contributed by atoms with E-state index in [2.05, 4.69) is 10.2 Å². The molecule has 1 saturated heterocycles. The first kappa shape index (κ1) is 17.8. The summed E-state index contributed by atoms with van der Waals surface area (Å²) in [4.78, 5) is 28.1. The lowest BCUT2D eigenvalue weighted by atomic mass is 9.96. The molecule has 5 heteroatoms. The number of hydrogen-bond acceptors (Lipinski definition) is 2. The van der Waals surface area contributed by atoms with Gasteiger partial charge in [-0.05, 0) is 49.3 Å². The number of nitrogens with one attached hydrogen (secondary N) is 1. The van der Waals surface area contributed by atoms with Crippen LogP contribution in [0.1, 0.15) is 54.4 Å². The SMILES string of the molecule is CN(C)C(=O)c1ccc(CNC(=O)N2CCCC2C2CCCC2)cc1. The summed E-state index contributed by atoms with van der Waals surface area (Å²) >= 11 is 0. The third kappa shape index (κ3) is 4.14. The molecule has 1 unspecified atom stereocenters.